The molecule has 124 heavy (non-hydrogen) atoms. The number of fused-ring (bicyclic) bond motifs is 3. The van der Waals surface area contributed by atoms with E-state index in [1.807, 2.05) is 237 Å². The number of nitrogens with two attached hydrogens (primary N) is 1. The SMILES string of the molecule is CCCCC(CC)CO[n+]1ccc(/C=N/NC(N)=S)cc1.CCCCC(CC)CO[n+]1ccc(Cl)c2ccc(Cl)cc21.CCCCC(CC)CO[n+]1ccc(Oc2ccc(OC)cc2)cc1.CCCCC(CC)CO[n+]1cccc(C(O)c2ccccc2)c1.O=c1o[n+]2ccccc2s1.c1cc[n+]2c(c1)CCO2.c1ccc(CCCO[n+]2ccccc2)cc1. The topological polar surface area (TPSA) is 202 Å². The first kappa shape index (κ1) is 100. The first-order chi connectivity index (χ1) is 60.6. The lowest BCUT2D eigenvalue weighted by Gasteiger charge is -2.12. The number of hydrazone groups is 1. The fraction of sp³-hybridized carbons (Fsp3) is 0.394. The van der Waals surface area contributed by atoms with E-state index in [1.54, 1.807) is 43.2 Å². The summed E-state index contributed by atoms with van der Waals surface area (Å²) >= 11 is 18.1. The zero-order chi connectivity index (χ0) is 88.6. The molecule has 0 aliphatic carbocycles. The first-order valence-electron chi connectivity index (χ1n) is 43.7. The molecule has 12 aromatic rings. The van der Waals surface area contributed by atoms with Gasteiger partial charge in [-0.05, 0) is 166 Å². The van der Waals surface area contributed by atoms with Crippen molar-refractivity contribution in [2.75, 3.05) is 46.8 Å². The molecule has 0 bridgehead atoms. The number of nitrogens with one attached hydrogen (secondary N) is 1. The third kappa shape index (κ3) is 38.9. The molecule has 5 atom stereocenters. The Kier molecular flexibility index (Phi) is 48.4. The second-order valence-electron chi connectivity index (χ2n) is 29.8. The molecule has 0 saturated carbocycles. The standard InChI is InChI=1S/C20H28NO3.C20H28NO2.C17H22Cl2NO.C15H24N4OS.C14H16NO.C7H8NO.C6H4NO2S/c1-4-6-7-17(5-2)16-23-21-14-12-20(13-15-21)24-19-10-8-18(22-3)9-11-19;1-3-5-10-17(4-2)16-23-21-14-9-13-19(15-21)20(22)18-11-7-6-8-12-18;1-3-5-6-13(4-2)12-21-20-10-9-16(19)15-8-7-14(18)11-17(15)20;1-3-5-6-13(4-2)12-20-19-9-7-14(8-10-19)11-17-18-15(16)21;1-3-8-14(9-4-1)10-7-13-16-15-11-5-2-6-12-15;1-2-5-8-7(3-1)4-6-9-8;8-6-9-7-4-2-1-3-5(7)10-6/h8-15,17H,4-7,16H2,1-3H3;6-9,11-15,17,20,22H,3-5,10,16H2,1-2H3;7-11,13H,3-6,12H2,1-2H3;7-11,13H,3-6,12H2,1-2H3,(H2,16,21);1-6,8-9,11-12H,7,10,13H2;1-3,5H,4,6H2;1-4H/q3*+1;;3*+1/p+1. The maximum absolute atomic E-state index is 10.6. The van der Waals surface area contributed by atoms with Crippen LogP contribution in [0.2, 0.25) is 10.0 Å². The Morgan fingerprint density at radius 3 is 1.62 bits per heavy atom. The van der Waals surface area contributed by atoms with Gasteiger partial charge in [0.1, 0.15) is 23.4 Å². The molecular formula is C99H131Cl2N10O11S2+7. The number of pyridine rings is 7. The van der Waals surface area contributed by atoms with Crippen molar-refractivity contribution < 1.29 is 81.1 Å². The molecule has 0 amide bonds. The van der Waals surface area contributed by atoms with E-state index in [9.17, 15) is 9.90 Å². The molecule has 5 unspecified atom stereocenters. The number of halogens is 2. The van der Waals surface area contributed by atoms with Crippen molar-refractivity contribution in [3.63, 3.8) is 0 Å². The van der Waals surface area contributed by atoms with Crippen molar-refractivity contribution in [1.29, 1.82) is 0 Å². The second kappa shape index (κ2) is 59.9. The Morgan fingerprint density at radius 2 is 1.05 bits per heavy atom. The highest BCUT2D eigenvalue weighted by Gasteiger charge is 2.22. The molecule has 13 rings (SSSR count). The Balaban J connectivity index is 0.000000202. The van der Waals surface area contributed by atoms with Crippen LogP contribution in [0.15, 0.2) is 283 Å². The third-order valence-corrected chi connectivity index (χ3v) is 21.8. The minimum absolute atomic E-state index is 0.151. The van der Waals surface area contributed by atoms with Crippen molar-refractivity contribution in [2.45, 2.75) is 183 Å². The molecule has 4 aromatic carbocycles. The monoisotopic (exact) mass is 1770 g/mol. The van der Waals surface area contributed by atoms with Gasteiger partial charge in [-0.25, -0.2) is 4.79 Å². The van der Waals surface area contributed by atoms with Gasteiger partial charge < -0.3 is 20.3 Å². The fourth-order valence-corrected chi connectivity index (χ4v) is 13.7. The predicted octanol–water partition coefficient (Wildman–Crippen LogP) is 17.4. The van der Waals surface area contributed by atoms with Gasteiger partial charge in [0.25, 0.3) is 5.52 Å². The molecule has 1 aliphatic rings. The number of thiocarbonyl (C=S) groups is 1. The number of ether oxygens (including phenoxy) is 2. The summed E-state index contributed by atoms with van der Waals surface area (Å²) in [5.74, 6) is 4.78. The number of aromatic nitrogens is 7. The van der Waals surface area contributed by atoms with Crippen LogP contribution in [-0.2, 0) is 12.8 Å². The number of benzene rings is 4. The highest BCUT2D eigenvalue weighted by Crippen LogP contribution is 2.26. The molecule has 0 saturated heterocycles. The molecule has 0 fully saturated rings. The second-order valence-corrected chi connectivity index (χ2v) is 32.0. The summed E-state index contributed by atoms with van der Waals surface area (Å²) < 4.78 is 27.7. The van der Waals surface area contributed by atoms with Gasteiger partial charge in [-0.2, -0.15) is 9.62 Å². The van der Waals surface area contributed by atoms with E-state index in [0.717, 1.165) is 132 Å². The van der Waals surface area contributed by atoms with Crippen molar-refractivity contribution in [1.82, 2.24) is 5.43 Å². The summed E-state index contributed by atoms with van der Waals surface area (Å²) in [5.41, 5.74) is 14.0. The van der Waals surface area contributed by atoms with Gasteiger partial charge in [-0.1, -0.05) is 197 Å². The molecule has 1 aliphatic heterocycles. The molecule has 9 heterocycles. The Hall–Kier alpha value is -10.8. The number of nitrogens with zero attached hydrogens (tertiary/aromatic N) is 8. The zero-order valence-corrected chi connectivity index (χ0v) is 76.9. The number of aliphatic hydroxyl groups excluding tert-OH is 1. The average molecular weight is 1770 g/mol. The average Bonchev–Trinajstić information content (AvgIpc) is 1.18. The summed E-state index contributed by atoms with van der Waals surface area (Å²) in [6.45, 7) is 22.2. The van der Waals surface area contributed by atoms with Crippen LogP contribution in [-0.4, -0.2) is 63.2 Å². The number of rotatable bonds is 40. The van der Waals surface area contributed by atoms with Crippen LogP contribution in [0.25, 0.3) is 15.7 Å². The van der Waals surface area contributed by atoms with Gasteiger partial charge in [-0.3, -0.25) is 34.5 Å². The van der Waals surface area contributed by atoms with Crippen molar-refractivity contribution in [3.8, 4) is 17.2 Å². The summed E-state index contributed by atoms with van der Waals surface area (Å²) in [7, 11) is 1.65. The van der Waals surface area contributed by atoms with Gasteiger partial charge in [0.05, 0.1) is 35.7 Å². The zero-order valence-electron chi connectivity index (χ0n) is 73.8. The molecule has 21 nitrogen and oxygen atoms in total. The Labute approximate surface area is 753 Å². The fourth-order valence-electron chi connectivity index (χ4n) is 12.6. The minimum atomic E-state index is -0.630. The largest absolute Gasteiger partial charge is 0.497 e. The maximum Gasteiger partial charge on any atom is 0.466 e. The van der Waals surface area contributed by atoms with Gasteiger partial charge in [-0.15, -0.1) is 0 Å². The van der Waals surface area contributed by atoms with Gasteiger partial charge >= 0.3 is 9.77 Å². The molecule has 662 valence electrons. The van der Waals surface area contributed by atoms with Crippen molar-refractivity contribution >= 4 is 73.8 Å². The van der Waals surface area contributed by atoms with E-state index >= 15 is 0 Å². The van der Waals surface area contributed by atoms with E-state index in [1.165, 1.54) is 92.9 Å². The summed E-state index contributed by atoms with van der Waals surface area (Å²) in [4.78, 5) is 45.4. The summed E-state index contributed by atoms with van der Waals surface area (Å²) in [5, 5.41) is 16.9. The lowest BCUT2D eigenvalue weighted by Crippen LogP contribution is -2.45. The first-order valence-corrected chi connectivity index (χ1v) is 45.7. The van der Waals surface area contributed by atoms with Crippen LogP contribution in [0.4, 0.5) is 0 Å². The maximum atomic E-state index is 10.6. The van der Waals surface area contributed by atoms with Gasteiger partial charge in [0, 0.05) is 134 Å². The molecule has 0 spiro atoms. The number of hydrogen-bond acceptors (Lipinski definition) is 14. The lowest BCUT2D eigenvalue weighted by atomic mass is 10.0. The van der Waals surface area contributed by atoms with E-state index in [2.05, 4.69) is 108 Å². The smallest absolute Gasteiger partial charge is 0.466 e. The van der Waals surface area contributed by atoms with Crippen LogP contribution in [0.5, 0.6) is 17.2 Å². The summed E-state index contributed by atoms with van der Waals surface area (Å²) in [6.07, 6.45) is 44.1. The number of aryl methyl sites for hydroxylation is 1. The van der Waals surface area contributed by atoms with Crippen molar-refractivity contribution in [2.24, 2.45) is 34.5 Å². The van der Waals surface area contributed by atoms with E-state index in [4.69, 9.17) is 72.0 Å². The summed E-state index contributed by atoms with van der Waals surface area (Å²) in [6, 6.07) is 64.1. The molecule has 4 N–H and O–H groups in total. The van der Waals surface area contributed by atoms with Crippen LogP contribution < -0.4 is 87.6 Å². The van der Waals surface area contributed by atoms with Crippen LogP contribution in [0.3, 0.4) is 0 Å². The molecule has 8 aromatic heterocycles. The van der Waals surface area contributed by atoms with Crippen LogP contribution >= 0.6 is 46.8 Å². The minimum Gasteiger partial charge on any atom is -0.497 e. The number of hydrogen-bond donors (Lipinski definition) is 3. The van der Waals surface area contributed by atoms with Gasteiger partial charge in [0.2, 0.25) is 73.9 Å². The van der Waals surface area contributed by atoms with Crippen LogP contribution in [0, 0.1) is 23.7 Å². The normalized spacial score (nSPS) is 12.2. The highest BCUT2D eigenvalue weighted by atomic mass is 35.5. The van der Waals surface area contributed by atoms with E-state index in [0.29, 0.717) is 46.9 Å². The van der Waals surface area contributed by atoms with Gasteiger partial charge in [0.15, 0.2) is 44.8 Å². The molecular weight excluding hydrogens is 1640 g/mol. The number of methoxy groups -OCH3 is 1. The molecule has 0 radical (unpaired) electrons. The van der Waals surface area contributed by atoms with Crippen LogP contribution in [0.1, 0.15) is 199 Å². The Bertz CT molecular complexity index is 4850. The van der Waals surface area contributed by atoms with Crippen molar-refractivity contribution in [3.05, 3.63) is 316 Å². The lowest BCUT2D eigenvalue weighted by molar-refractivity contribution is -0.892. The molecule has 25 heteroatoms. The highest BCUT2D eigenvalue weighted by molar-refractivity contribution is 7.80. The van der Waals surface area contributed by atoms with E-state index in [-0.39, 0.29) is 10.1 Å². The number of aliphatic hydroxyl groups is 1. The quantitative estimate of drug-likeness (QED) is 0.0108. The number of unbranched alkanes of at least 4 members (excludes halogenated alkanes) is 4. The third-order valence-electron chi connectivity index (χ3n) is 20.3. The van der Waals surface area contributed by atoms with E-state index < -0.39 is 6.10 Å². The Morgan fingerprint density at radius 1 is 0.540 bits per heavy atom. The predicted molar refractivity (Wildman–Crippen MR) is 495 cm³/mol.